The van der Waals surface area contributed by atoms with E-state index in [0.29, 0.717) is 12.5 Å². The summed E-state index contributed by atoms with van der Waals surface area (Å²) in [4.78, 5) is 13.1. The topological polar surface area (TPSA) is 56.1 Å². The molecule has 4 nitrogen and oxygen atoms in total. The molecule has 1 N–H and O–H groups in total. The predicted octanol–water partition coefficient (Wildman–Crippen LogP) is 0.482. The lowest BCUT2D eigenvalue weighted by atomic mass is 10.3. The SMILES string of the molecule is CN(C)C=C(C#N)C(=O)NCC1CC1. The molecule has 0 aromatic rings. The molecule has 14 heavy (non-hydrogen) atoms. The monoisotopic (exact) mass is 193 g/mol. The van der Waals surface area contributed by atoms with Gasteiger partial charge in [-0.3, -0.25) is 4.79 Å². The molecule has 0 atom stereocenters. The zero-order valence-corrected chi connectivity index (χ0v) is 8.58. The number of nitriles is 1. The van der Waals surface area contributed by atoms with E-state index in [1.165, 1.54) is 19.0 Å². The van der Waals surface area contributed by atoms with Gasteiger partial charge in [0.1, 0.15) is 11.6 Å². The smallest absolute Gasteiger partial charge is 0.263 e. The lowest BCUT2D eigenvalue weighted by Gasteiger charge is -2.06. The van der Waals surface area contributed by atoms with Crippen molar-refractivity contribution >= 4 is 5.91 Å². The number of hydrogen-bond donors (Lipinski definition) is 1. The second-order valence-electron chi connectivity index (χ2n) is 3.77. The van der Waals surface area contributed by atoms with Gasteiger partial charge in [-0.2, -0.15) is 5.26 Å². The largest absolute Gasteiger partial charge is 0.382 e. The second kappa shape index (κ2) is 4.66. The first kappa shape index (κ1) is 10.6. The van der Waals surface area contributed by atoms with Crippen molar-refractivity contribution in [3.8, 4) is 6.07 Å². The zero-order chi connectivity index (χ0) is 10.6. The number of nitrogens with one attached hydrogen (secondary N) is 1. The minimum Gasteiger partial charge on any atom is -0.382 e. The molecule has 1 aliphatic carbocycles. The Hall–Kier alpha value is -1.50. The van der Waals surface area contributed by atoms with E-state index in [1.807, 2.05) is 6.07 Å². The Kier molecular flexibility index (Phi) is 3.52. The van der Waals surface area contributed by atoms with Gasteiger partial charge in [0, 0.05) is 26.8 Å². The van der Waals surface area contributed by atoms with Crippen LogP contribution in [0.25, 0.3) is 0 Å². The standard InChI is InChI=1S/C10H15N3O/c1-13(2)7-9(5-11)10(14)12-6-8-3-4-8/h7-8H,3-4,6H2,1-2H3,(H,12,14). The van der Waals surface area contributed by atoms with Crippen molar-refractivity contribution in [3.63, 3.8) is 0 Å². The maximum Gasteiger partial charge on any atom is 0.263 e. The van der Waals surface area contributed by atoms with Crippen LogP contribution >= 0.6 is 0 Å². The van der Waals surface area contributed by atoms with E-state index >= 15 is 0 Å². The van der Waals surface area contributed by atoms with Gasteiger partial charge in [0.05, 0.1) is 0 Å². The number of nitrogens with zero attached hydrogens (tertiary/aromatic N) is 2. The molecule has 1 saturated carbocycles. The van der Waals surface area contributed by atoms with E-state index < -0.39 is 0 Å². The summed E-state index contributed by atoms with van der Waals surface area (Å²) in [5.41, 5.74) is 0.163. The van der Waals surface area contributed by atoms with Crippen LogP contribution < -0.4 is 5.32 Å². The Labute approximate surface area is 84.2 Å². The van der Waals surface area contributed by atoms with Crippen LogP contribution in [0.3, 0.4) is 0 Å². The van der Waals surface area contributed by atoms with Gasteiger partial charge in [0.25, 0.3) is 5.91 Å². The molecule has 0 aromatic heterocycles. The summed E-state index contributed by atoms with van der Waals surface area (Å²) in [5, 5.41) is 11.5. The first-order chi connectivity index (χ1) is 6.63. The molecule has 0 unspecified atom stereocenters. The van der Waals surface area contributed by atoms with Crippen molar-refractivity contribution < 1.29 is 4.79 Å². The second-order valence-corrected chi connectivity index (χ2v) is 3.77. The van der Waals surface area contributed by atoms with Crippen LogP contribution in [-0.4, -0.2) is 31.4 Å². The van der Waals surface area contributed by atoms with E-state index in [2.05, 4.69) is 5.32 Å². The maximum absolute atomic E-state index is 11.4. The summed E-state index contributed by atoms with van der Waals surface area (Å²) in [7, 11) is 3.57. The number of carbonyl (C=O) groups is 1. The summed E-state index contributed by atoms with van der Waals surface area (Å²) in [6, 6.07) is 1.88. The highest BCUT2D eigenvalue weighted by Gasteiger charge is 2.22. The summed E-state index contributed by atoms with van der Waals surface area (Å²) in [5.74, 6) is 0.367. The lowest BCUT2D eigenvalue weighted by molar-refractivity contribution is -0.117. The number of hydrogen-bond acceptors (Lipinski definition) is 3. The average Bonchev–Trinajstić information content (AvgIpc) is 2.93. The highest BCUT2D eigenvalue weighted by molar-refractivity contribution is 5.97. The van der Waals surface area contributed by atoms with Gasteiger partial charge in [0.2, 0.25) is 0 Å². The van der Waals surface area contributed by atoms with Crippen molar-refractivity contribution in [1.82, 2.24) is 10.2 Å². The van der Waals surface area contributed by atoms with Crippen LogP contribution in [0.1, 0.15) is 12.8 Å². The third kappa shape index (κ3) is 3.48. The quantitative estimate of drug-likeness (QED) is 0.522. The molecule has 1 rings (SSSR count). The molecule has 0 saturated heterocycles. The van der Waals surface area contributed by atoms with Gasteiger partial charge in [-0.15, -0.1) is 0 Å². The van der Waals surface area contributed by atoms with E-state index in [-0.39, 0.29) is 11.5 Å². The molecular formula is C10H15N3O. The molecule has 0 bridgehead atoms. The summed E-state index contributed by atoms with van der Waals surface area (Å²) >= 11 is 0. The van der Waals surface area contributed by atoms with Crippen LogP contribution in [0.4, 0.5) is 0 Å². The van der Waals surface area contributed by atoms with Gasteiger partial charge in [-0.25, -0.2) is 0 Å². The Balaban J connectivity index is 2.43. The van der Waals surface area contributed by atoms with Crippen LogP contribution in [0.5, 0.6) is 0 Å². The molecule has 76 valence electrons. The van der Waals surface area contributed by atoms with E-state index in [9.17, 15) is 4.79 Å². The van der Waals surface area contributed by atoms with Crippen molar-refractivity contribution in [2.75, 3.05) is 20.6 Å². The first-order valence-electron chi connectivity index (χ1n) is 4.70. The molecular weight excluding hydrogens is 178 g/mol. The fourth-order valence-corrected chi connectivity index (χ4v) is 1.05. The van der Waals surface area contributed by atoms with Crippen molar-refractivity contribution in [3.05, 3.63) is 11.8 Å². The number of amides is 1. The maximum atomic E-state index is 11.4. The van der Waals surface area contributed by atoms with E-state index in [1.54, 1.807) is 19.0 Å². The number of rotatable bonds is 4. The highest BCUT2D eigenvalue weighted by atomic mass is 16.1. The number of carbonyl (C=O) groups excluding carboxylic acids is 1. The normalized spacial score (nSPS) is 15.9. The lowest BCUT2D eigenvalue weighted by Crippen LogP contribution is -2.27. The minimum atomic E-state index is -0.270. The Morgan fingerprint density at radius 3 is 2.71 bits per heavy atom. The molecule has 4 heteroatoms. The minimum absolute atomic E-state index is 0.163. The molecule has 0 radical (unpaired) electrons. The fraction of sp³-hybridized carbons (Fsp3) is 0.600. The van der Waals surface area contributed by atoms with Crippen molar-refractivity contribution in [2.45, 2.75) is 12.8 Å². The van der Waals surface area contributed by atoms with Crippen LogP contribution in [0.15, 0.2) is 11.8 Å². The van der Waals surface area contributed by atoms with Gasteiger partial charge >= 0.3 is 0 Å². The fourth-order valence-electron chi connectivity index (χ4n) is 1.05. The van der Waals surface area contributed by atoms with Gasteiger partial charge in [-0.05, 0) is 18.8 Å². The van der Waals surface area contributed by atoms with E-state index in [0.717, 1.165) is 0 Å². The van der Waals surface area contributed by atoms with Crippen molar-refractivity contribution in [2.24, 2.45) is 5.92 Å². The Morgan fingerprint density at radius 1 is 1.64 bits per heavy atom. The Morgan fingerprint density at radius 2 is 2.29 bits per heavy atom. The molecule has 1 amide bonds. The summed E-state index contributed by atoms with van der Waals surface area (Å²) < 4.78 is 0. The molecule has 0 aromatic carbocycles. The summed E-state index contributed by atoms with van der Waals surface area (Å²) in [6.07, 6.45) is 3.92. The molecule has 0 heterocycles. The Bertz CT molecular complexity index is 284. The predicted molar refractivity (Wildman–Crippen MR) is 53.1 cm³/mol. The molecule has 0 spiro atoms. The molecule has 1 fully saturated rings. The van der Waals surface area contributed by atoms with Crippen LogP contribution in [-0.2, 0) is 4.79 Å². The first-order valence-corrected chi connectivity index (χ1v) is 4.70. The van der Waals surface area contributed by atoms with Crippen molar-refractivity contribution in [1.29, 1.82) is 5.26 Å². The average molecular weight is 193 g/mol. The zero-order valence-electron chi connectivity index (χ0n) is 8.58. The summed E-state index contributed by atoms with van der Waals surface area (Å²) in [6.45, 7) is 0.700. The van der Waals surface area contributed by atoms with Crippen LogP contribution in [0.2, 0.25) is 0 Å². The third-order valence-electron chi connectivity index (χ3n) is 2.00. The van der Waals surface area contributed by atoms with Gasteiger partial charge in [0.15, 0.2) is 0 Å². The third-order valence-corrected chi connectivity index (χ3v) is 2.00. The highest BCUT2D eigenvalue weighted by Crippen LogP contribution is 2.27. The van der Waals surface area contributed by atoms with Gasteiger partial charge < -0.3 is 10.2 Å². The molecule has 1 aliphatic rings. The van der Waals surface area contributed by atoms with Crippen LogP contribution in [0, 0.1) is 17.2 Å². The van der Waals surface area contributed by atoms with Gasteiger partial charge in [-0.1, -0.05) is 0 Å². The molecule has 0 aliphatic heterocycles. The van der Waals surface area contributed by atoms with E-state index in [4.69, 9.17) is 5.26 Å².